The van der Waals surface area contributed by atoms with Gasteiger partial charge in [0.1, 0.15) is 0 Å². The lowest BCUT2D eigenvalue weighted by molar-refractivity contribution is 0.613. The lowest BCUT2D eigenvalue weighted by Crippen LogP contribution is -1.91. The van der Waals surface area contributed by atoms with Crippen LogP contribution in [0.3, 0.4) is 0 Å². The lowest BCUT2D eigenvalue weighted by atomic mass is 10.2. The van der Waals surface area contributed by atoms with E-state index in [0.29, 0.717) is 11.3 Å². The van der Waals surface area contributed by atoms with Crippen LogP contribution in [0.1, 0.15) is 5.56 Å². The SMILES string of the molecule is O=S(C=CC1=CS(=O)(=O)C=C1)Cc1ccc(Br)cc1. The molecule has 1 aromatic carbocycles. The van der Waals surface area contributed by atoms with Gasteiger partial charge in [-0.05, 0) is 35.4 Å². The van der Waals surface area contributed by atoms with Crippen molar-refractivity contribution in [3.63, 3.8) is 0 Å². The van der Waals surface area contributed by atoms with Gasteiger partial charge in [-0.25, -0.2) is 8.42 Å². The van der Waals surface area contributed by atoms with Gasteiger partial charge in [-0.15, -0.1) is 0 Å². The van der Waals surface area contributed by atoms with Crippen LogP contribution in [-0.2, 0) is 26.4 Å². The second-order valence-electron chi connectivity index (χ2n) is 3.96. The Kier molecular flexibility index (Phi) is 4.54. The van der Waals surface area contributed by atoms with E-state index < -0.39 is 20.6 Å². The average Bonchev–Trinajstić information content (AvgIpc) is 2.69. The van der Waals surface area contributed by atoms with Gasteiger partial charge >= 0.3 is 0 Å². The number of sulfone groups is 1. The molecule has 0 radical (unpaired) electrons. The zero-order valence-electron chi connectivity index (χ0n) is 9.82. The molecule has 1 atom stereocenters. The van der Waals surface area contributed by atoms with E-state index in [4.69, 9.17) is 0 Å². The van der Waals surface area contributed by atoms with Crippen molar-refractivity contribution in [3.8, 4) is 0 Å². The summed E-state index contributed by atoms with van der Waals surface area (Å²) in [6.45, 7) is 0. The van der Waals surface area contributed by atoms with Crippen molar-refractivity contribution in [1.82, 2.24) is 0 Å². The fourth-order valence-corrected chi connectivity index (χ4v) is 3.64. The molecule has 0 bridgehead atoms. The number of hydrogen-bond acceptors (Lipinski definition) is 3. The summed E-state index contributed by atoms with van der Waals surface area (Å²) in [6.07, 6.45) is 3.05. The molecule has 0 N–H and O–H groups in total. The summed E-state index contributed by atoms with van der Waals surface area (Å²) in [5.74, 6) is 0.410. The molecule has 19 heavy (non-hydrogen) atoms. The molecule has 0 amide bonds. The Bertz CT molecular complexity index is 683. The molecule has 0 spiro atoms. The normalized spacial score (nSPS) is 18.7. The first kappa shape index (κ1) is 14.4. The maximum Gasteiger partial charge on any atom is 0.193 e. The predicted molar refractivity (Wildman–Crippen MR) is 81.3 cm³/mol. The maximum absolute atomic E-state index is 11.8. The van der Waals surface area contributed by atoms with E-state index in [-0.39, 0.29) is 0 Å². The van der Waals surface area contributed by atoms with E-state index in [1.807, 2.05) is 24.3 Å². The van der Waals surface area contributed by atoms with Crippen molar-refractivity contribution < 1.29 is 12.6 Å². The van der Waals surface area contributed by atoms with Crippen LogP contribution >= 0.6 is 15.9 Å². The summed E-state index contributed by atoms with van der Waals surface area (Å²) < 4.78 is 35.1. The van der Waals surface area contributed by atoms with E-state index in [1.54, 1.807) is 6.08 Å². The molecular formula is C13H11BrO3S2. The molecule has 1 heterocycles. The molecule has 6 heteroatoms. The average molecular weight is 359 g/mol. The summed E-state index contributed by atoms with van der Waals surface area (Å²) in [4.78, 5) is 0. The highest BCUT2D eigenvalue weighted by atomic mass is 79.9. The van der Waals surface area contributed by atoms with Gasteiger partial charge in [0, 0.05) is 20.7 Å². The third-order valence-electron chi connectivity index (χ3n) is 2.38. The van der Waals surface area contributed by atoms with Gasteiger partial charge in [0.2, 0.25) is 0 Å². The quantitative estimate of drug-likeness (QED) is 0.830. The summed E-state index contributed by atoms with van der Waals surface area (Å²) in [6, 6.07) is 7.58. The molecule has 0 aliphatic carbocycles. The zero-order chi connectivity index (χ0) is 13.9. The lowest BCUT2D eigenvalue weighted by Gasteiger charge is -1.98. The van der Waals surface area contributed by atoms with Gasteiger partial charge in [-0.3, -0.25) is 4.21 Å². The summed E-state index contributed by atoms with van der Waals surface area (Å²) >= 11 is 3.34. The van der Waals surface area contributed by atoms with Crippen molar-refractivity contribution in [2.45, 2.75) is 5.75 Å². The Balaban J connectivity index is 1.99. The molecular weight excluding hydrogens is 348 g/mol. The maximum atomic E-state index is 11.8. The Morgan fingerprint density at radius 1 is 1.21 bits per heavy atom. The van der Waals surface area contributed by atoms with Crippen LogP contribution in [0.2, 0.25) is 0 Å². The van der Waals surface area contributed by atoms with Gasteiger partial charge in [-0.2, -0.15) is 0 Å². The van der Waals surface area contributed by atoms with Gasteiger partial charge in [0.25, 0.3) is 0 Å². The first-order valence-electron chi connectivity index (χ1n) is 5.39. The number of rotatable bonds is 4. The highest BCUT2D eigenvalue weighted by Crippen LogP contribution is 2.15. The van der Waals surface area contributed by atoms with Crippen LogP contribution in [0.5, 0.6) is 0 Å². The van der Waals surface area contributed by atoms with Crippen molar-refractivity contribution >= 4 is 36.6 Å². The first-order chi connectivity index (χ1) is 8.94. The topological polar surface area (TPSA) is 51.2 Å². The minimum absolute atomic E-state index is 0.410. The molecule has 1 aromatic rings. The molecule has 0 saturated heterocycles. The van der Waals surface area contributed by atoms with Crippen LogP contribution in [0.25, 0.3) is 0 Å². The van der Waals surface area contributed by atoms with Crippen LogP contribution < -0.4 is 0 Å². The van der Waals surface area contributed by atoms with Crippen LogP contribution in [0.4, 0.5) is 0 Å². The highest BCUT2D eigenvalue weighted by Gasteiger charge is 2.08. The second kappa shape index (κ2) is 5.98. The largest absolute Gasteiger partial charge is 0.255 e. The van der Waals surface area contributed by atoms with Gasteiger partial charge in [0.05, 0.1) is 16.6 Å². The van der Waals surface area contributed by atoms with Crippen LogP contribution in [0.15, 0.2) is 62.7 Å². The standard InChI is InChI=1S/C13H11BrO3S2/c14-13-3-1-11(2-4-13)9-18(15)7-5-12-6-8-19(16,17)10-12/h1-8,10H,9H2. The van der Waals surface area contributed by atoms with Gasteiger partial charge in [0.15, 0.2) is 9.84 Å². The molecule has 0 aromatic heterocycles. The van der Waals surface area contributed by atoms with Gasteiger partial charge in [-0.1, -0.05) is 28.1 Å². The Morgan fingerprint density at radius 3 is 2.47 bits per heavy atom. The van der Waals surface area contributed by atoms with Crippen molar-refractivity contribution in [2.24, 2.45) is 0 Å². The Hall–Kier alpha value is -0.980. The van der Waals surface area contributed by atoms with E-state index in [1.165, 1.54) is 11.5 Å². The number of allylic oxidation sites excluding steroid dienone is 3. The molecule has 1 aliphatic rings. The zero-order valence-corrected chi connectivity index (χ0v) is 13.0. The molecule has 1 unspecified atom stereocenters. The number of hydrogen-bond donors (Lipinski definition) is 0. The van der Waals surface area contributed by atoms with E-state index >= 15 is 0 Å². The fraction of sp³-hybridized carbons (Fsp3) is 0.0769. The van der Waals surface area contributed by atoms with E-state index in [2.05, 4.69) is 15.9 Å². The third-order valence-corrected chi connectivity index (χ3v) is 5.09. The third kappa shape index (κ3) is 4.56. The monoisotopic (exact) mass is 358 g/mol. The summed E-state index contributed by atoms with van der Waals surface area (Å²) in [5, 5.41) is 3.80. The Labute approximate surface area is 123 Å². The van der Waals surface area contributed by atoms with Crippen LogP contribution in [-0.4, -0.2) is 12.6 Å². The second-order valence-corrected chi connectivity index (χ2v) is 7.89. The first-order valence-corrected chi connectivity index (χ1v) is 9.18. The minimum Gasteiger partial charge on any atom is -0.255 e. The van der Waals surface area contributed by atoms with Crippen molar-refractivity contribution in [2.75, 3.05) is 0 Å². The Morgan fingerprint density at radius 2 is 1.89 bits per heavy atom. The predicted octanol–water partition coefficient (Wildman–Crippen LogP) is 3.04. The molecule has 0 fully saturated rings. The smallest absolute Gasteiger partial charge is 0.193 e. The van der Waals surface area contributed by atoms with Gasteiger partial charge < -0.3 is 0 Å². The van der Waals surface area contributed by atoms with Crippen molar-refractivity contribution in [1.29, 1.82) is 0 Å². The molecule has 1 aliphatic heterocycles. The number of benzene rings is 1. The summed E-state index contributed by atoms with van der Waals surface area (Å²) in [7, 11) is -4.37. The number of halogens is 1. The molecule has 0 saturated carbocycles. The van der Waals surface area contributed by atoms with Crippen molar-refractivity contribution in [3.05, 3.63) is 68.3 Å². The highest BCUT2D eigenvalue weighted by molar-refractivity contribution is 9.10. The van der Waals surface area contributed by atoms with E-state index in [0.717, 1.165) is 20.9 Å². The minimum atomic E-state index is -3.21. The fourth-order valence-electron chi connectivity index (χ4n) is 1.48. The van der Waals surface area contributed by atoms with Crippen LogP contribution in [0, 0.1) is 0 Å². The summed E-state index contributed by atoms with van der Waals surface area (Å²) in [5.41, 5.74) is 1.51. The molecule has 100 valence electrons. The molecule has 2 rings (SSSR count). The van der Waals surface area contributed by atoms with E-state index in [9.17, 15) is 12.6 Å². The molecule has 3 nitrogen and oxygen atoms in total.